The Labute approximate surface area is 176 Å². The first-order valence-electron chi connectivity index (χ1n) is 11.2. The molecule has 2 saturated carbocycles. The summed E-state index contributed by atoms with van der Waals surface area (Å²) in [7, 11) is 0. The minimum Gasteiger partial charge on any atom is -0.0914 e. The van der Waals surface area contributed by atoms with Crippen LogP contribution in [0.2, 0.25) is 5.02 Å². The molecule has 2 aromatic rings. The molecule has 0 unspecified atom stereocenters. The van der Waals surface area contributed by atoms with Crippen molar-refractivity contribution in [2.75, 3.05) is 0 Å². The van der Waals surface area contributed by atoms with E-state index in [0.717, 1.165) is 28.7 Å². The third-order valence-electron chi connectivity index (χ3n) is 7.28. The number of benzene rings is 2. The Kier molecular flexibility index (Phi) is 6.58. The van der Waals surface area contributed by atoms with E-state index in [1.54, 1.807) is 0 Å². The van der Waals surface area contributed by atoms with Crippen LogP contribution in [-0.4, -0.2) is 0 Å². The first-order valence-corrected chi connectivity index (χ1v) is 11.6. The van der Waals surface area contributed by atoms with Gasteiger partial charge in [0.25, 0.3) is 0 Å². The van der Waals surface area contributed by atoms with E-state index in [0.29, 0.717) is 0 Å². The average Bonchev–Trinajstić information content (AvgIpc) is 2.75. The van der Waals surface area contributed by atoms with Gasteiger partial charge >= 0.3 is 0 Å². The largest absolute Gasteiger partial charge is 0.0914 e. The van der Waals surface area contributed by atoms with Gasteiger partial charge in [0.1, 0.15) is 0 Å². The fourth-order valence-corrected chi connectivity index (χ4v) is 5.72. The third-order valence-corrected chi connectivity index (χ3v) is 7.53. The van der Waals surface area contributed by atoms with Crippen molar-refractivity contribution in [1.82, 2.24) is 0 Å². The normalized spacial score (nSPS) is 28.5. The topological polar surface area (TPSA) is 0 Å². The van der Waals surface area contributed by atoms with Crippen molar-refractivity contribution >= 4 is 11.6 Å². The van der Waals surface area contributed by atoms with E-state index in [2.05, 4.69) is 55.5 Å². The fraction of sp³-hybridized carbons (Fsp3) is 0.481. The molecule has 0 bridgehead atoms. The van der Waals surface area contributed by atoms with Crippen LogP contribution in [0, 0.1) is 17.8 Å². The zero-order valence-corrected chi connectivity index (χ0v) is 17.9. The summed E-state index contributed by atoms with van der Waals surface area (Å²) < 4.78 is 0. The molecule has 0 nitrogen and oxygen atoms in total. The molecule has 0 atom stereocenters. The van der Waals surface area contributed by atoms with Crippen LogP contribution in [0.3, 0.4) is 0 Å². The molecule has 148 valence electrons. The van der Waals surface area contributed by atoms with E-state index < -0.39 is 0 Å². The molecule has 2 fully saturated rings. The Hall–Kier alpha value is -1.53. The first-order chi connectivity index (χ1) is 13.7. The lowest BCUT2D eigenvalue weighted by Crippen LogP contribution is -2.25. The molecular weight excluding hydrogens is 360 g/mol. The summed E-state index contributed by atoms with van der Waals surface area (Å²) in [6.45, 7) is 2.16. The summed E-state index contributed by atoms with van der Waals surface area (Å²) in [5.74, 6) is 3.59. The van der Waals surface area contributed by atoms with E-state index in [9.17, 15) is 0 Å². The van der Waals surface area contributed by atoms with Gasteiger partial charge in [0.05, 0.1) is 0 Å². The van der Waals surface area contributed by atoms with Crippen LogP contribution in [-0.2, 0) is 0 Å². The van der Waals surface area contributed by atoms with Crippen molar-refractivity contribution in [2.24, 2.45) is 17.8 Å². The molecule has 0 radical (unpaired) electrons. The molecule has 1 heteroatoms. The molecule has 0 amide bonds. The number of hydrogen-bond donors (Lipinski definition) is 0. The monoisotopic (exact) mass is 392 g/mol. The molecule has 2 aromatic carbocycles. The van der Waals surface area contributed by atoms with Crippen LogP contribution in [0.4, 0.5) is 0 Å². The van der Waals surface area contributed by atoms with Crippen molar-refractivity contribution in [3.63, 3.8) is 0 Å². The maximum absolute atomic E-state index is 6.01. The smallest absolute Gasteiger partial charge is 0.0406 e. The summed E-state index contributed by atoms with van der Waals surface area (Å²) >= 11 is 6.01. The van der Waals surface area contributed by atoms with E-state index in [4.69, 9.17) is 11.6 Å². The lowest BCUT2D eigenvalue weighted by Gasteiger charge is -2.37. The number of allylic oxidation sites excluding steroid dienone is 2. The van der Waals surface area contributed by atoms with E-state index in [1.165, 1.54) is 68.1 Å². The zero-order valence-electron chi connectivity index (χ0n) is 17.1. The summed E-state index contributed by atoms with van der Waals surface area (Å²) in [5.41, 5.74) is 4.06. The summed E-state index contributed by atoms with van der Waals surface area (Å²) in [6, 6.07) is 17.4. The van der Waals surface area contributed by atoms with Crippen LogP contribution in [0.25, 0.3) is 11.1 Å². The third kappa shape index (κ3) is 4.71. The fourth-order valence-electron chi connectivity index (χ4n) is 5.60. The SMILES string of the molecule is C/C=C/[C@H]1CC[C@H](C2CCC(c3ccc(-c4ccc(Cl)cc4)cc3)CC2)CC1. The van der Waals surface area contributed by atoms with Crippen LogP contribution in [0.1, 0.15) is 69.8 Å². The van der Waals surface area contributed by atoms with Crippen molar-refractivity contribution in [1.29, 1.82) is 0 Å². The van der Waals surface area contributed by atoms with Gasteiger partial charge in [-0.15, -0.1) is 0 Å². The van der Waals surface area contributed by atoms with Gasteiger partial charge in [-0.25, -0.2) is 0 Å². The summed E-state index contributed by atoms with van der Waals surface area (Å²) in [6.07, 6.45) is 16.0. The average molecular weight is 393 g/mol. The summed E-state index contributed by atoms with van der Waals surface area (Å²) in [5, 5.41) is 0.799. The molecule has 0 spiro atoms. The summed E-state index contributed by atoms with van der Waals surface area (Å²) in [4.78, 5) is 0. The van der Waals surface area contributed by atoms with Crippen LogP contribution < -0.4 is 0 Å². The lowest BCUT2D eigenvalue weighted by molar-refractivity contribution is 0.171. The van der Waals surface area contributed by atoms with Gasteiger partial charge < -0.3 is 0 Å². The highest BCUT2D eigenvalue weighted by Gasteiger charge is 2.30. The second-order valence-electron chi connectivity index (χ2n) is 8.94. The highest BCUT2D eigenvalue weighted by molar-refractivity contribution is 6.30. The molecule has 0 aromatic heterocycles. The number of rotatable bonds is 4. The van der Waals surface area contributed by atoms with E-state index in [1.807, 2.05) is 12.1 Å². The molecule has 0 saturated heterocycles. The molecule has 2 aliphatic carbocycles. The predicted molar refractivity (Wildman–Crippen MR) is 122 cm³/mol. The van der Waals surface area contributed by atoms with Crippen LogP contribution in [0.15, 0.2) is 60.7 Å². The van der Waals surface area contributed by atoms with Gasteiger partial charge in [-0.2, -0.15) is 0 Å². The minimum absolute atomic E-state index is 0.759. The van der Waals surface area contributed by atoms with Crippen molar-refractivity contribution < 1.29 is 0 Å². The van der Waals surface area contributed by atoms with Gasteiger partial charge in [0, 0.05) is 5.02 Å². The molecule has 4 rings (SSSR count). The quantitative estimate of drug-likeness (QED) is 0.456. The van der Waals surface area contributed by atoms with Gasteiger partial charge in [0.2, 0.25) is 0 Å². The van der Waals surface area contributed by atoms with Gasteiger partial charge in [-0.05, 0) is 111 Å². The highest BCUT2D eigenvalue weighted by atomic mass is 35.5. The molecule has 0 heterocycles. The number of halogens is 1. The van der Waals surface area contributed by atoms with E-state index in [-0.39, 0.29) is 0 Å². The molecular formula is C27H33Cl. The molecule has 28 heavy (non-hydrogen) atoms. The Balaban J connectivity index is 1.31. The second-order valence-corrected chi connectivity index (χ2v) is 9.38. The Morgan fingerprint density at radius 3 is 1.71 bits per heavy atom. The van der Waals surface area contributed by atoms with Crippen molar-refractivity contribution in [3.8, 4) is 11.1 Å². The van der Waals surface area contributed by atoms with E-state index >= 15 is 0 Å². The first kappa shape index (κ1) is 19.8. The van der Waals surface area contributed by atoms with Gasteiger partial charge in [-0.3, -0.25) is 0 Å². The van der Waals surface area contributed by atoms with Gasteiger partial charge in [-0.1, -0.05) is 60.2 Å². The van der Waals surface area contributed by atoms with Gasteiger partial charge in [0.15, 0.2) is 0 Å². The Morgan fingerprint density at radius 2 is 1.18 bits per heavy atom. The molecule has 0 aliphatic heterocycles. The van der Waals surface area contributed by atoms with Crippen LogP contribution >= 0.6 is 11.6 Å². The second kappa shape index (κ2) is 9.31. The molecule has 0 N–H and O–H groups in total. The maximum Gasteiger partial charge on any atom is 0.0406 e. The Bertz CT molecular complexity index is 755. The molecule has 2 aliphatic rings. The predicted octanol–water partition coefficient (Wildman–Crippen LogP) is 8.66. The van der Waals surface area contributed by atoms with Crippen molar-refractivity contribution in [3.05, 3.63) is 71.3 Å². The number of hydrogen-bond acceptors (Lipinski definition) is 0. The van der Waals surface area contributed by atoms with Crippen molar-refractivity contribution in [2.45, 2.75) is 64.2 Å². The maximum atomic E-state index is 6.01. The lowest BCUT2D eigenvalue weighted by atomic mass is 9.68. The highest BCUT2D eigenvalue weighted by Crippen LogP contribution is 2.44. The zero-order chi connectivity index (χ0) is 19.3. The standard InChI is InChI=1S/C27H33Cl/c1-2-3-20-4-6-21(7-5-20)22-8-10-23(11-9-22)24-12-14-25(15-13-24)26-16-18-27(28)19-17-26/h2-3,12-23H,4-11H2,1H3/b3-2+/t20-,21-,22?,23?. The Morgan fingerprint density at radius 1 is 0.679 bits per heavy atom. The van der Waals surface area contributed by atoms with Crippen LogP contribution in [0.5, 0.6) is 0 Å². The minimum atomic E-state index is 0.759.